The molecule has 0 spiro atoms. The number of benzene rings is 2. The van der Waals surface area contributed by atoms with Crippen LogP contribution in [-0.4, -0.2) is 22.2 Å². The normalized spacial score (nSPS) is 18.5. The number of carboxylic acids is 2. The van der Waals surface area contributed by atoms with E-state index in [9.17, 15) is 0 Å². The lowest BCUT2D eigenvalue weighted by molar-refractivity contribution is -0.159. The first-order chi connectivity index (χ1) is 11.8. The van der Waals surface area contributed by atoms with E-state index in [0.717, 1.165) is 12.8 Å². The Kier molecular flexibility index (Phi) is 6.42. The molecular weight excluding hydrogens is 365 g/mol. The van der Waals surface area contributed by atoms with Gasteiger partial charge < -0.3 is 15.9 Å². The van der Waals surface area contributed by atoms with Crippen molar-refractivity contribution >= 4 is 35.1 Å². The van der Waals surface area contributed by atoms with Crippen LogP contribution < -0.4 is 5.73 Å². The van der Waals surface area contributed by atoms with Gasteiger partial charge in [0.1, 0.15) is 0 Å². The van der Waals surface area contributed by atoms with E-state index < -0.39 is 11.9 Å². The molecule has 1 aliphatic carbocycles. The number of carboxylic acid groups (broad SMARTS) is 2. The topological polar surface area (TPSA) is 101 Å². The van der Waals surface area contributed by atoms with Crippen LogP contribution in [0.25, 0.3) is 0 Å². The van der Waals surface area contributed by atoms with Crippen LogP contribution in [0.2, 0.25) is 10.0 Å². The Morgan fingerprint density at radius 3 is 2.08 bits per heavy atom. The number of carbonyl (C=O) groups is 2. The van der Waals surface area contributed by atoms with Crippen molar-refractivity contribution in [3.8, 4) is 0 Å². The lowest BCUT2D eigenvalue weighted by Gasteiger charge is -2.30. The van der Waals surface area contributed by atoms with Gasteiger partial charge in [0.2, 0.25) is 0 Å². The Morgan fingerprint density at radius 1 is 0.920 bits per heavy atom. The number of hydrogen-bond acceptors (Lipinski definition) is 3. The number of halogens is 2. The molecule has 2 atom stereocenters. The van der Waals surface area contributed by atoms with E-state index in [-0.39, 0.29) is 6.04 Å². The summed E-state index contributed by atoms with van der Waals surface area (Å²) in [5, 5.41) is 16.0. The summed E-state index contributed by atoms with van der Waals surface area (Å²) in [5.74, 6) is -3.28. The summed E-state index contributed by atoms with van der Waals surface area (Å²) in [6.07, 6.45) is 2.05. The second-order valence-corrected chi connectivity index (χ2v) is 6.46. The molecule has 0 fully saturated rings. The van der Waals surface area contributed by atoms with Gasteiger partial charge in [-0.25, -0.2) is 9.59 Å². The number of hydrogen-bond donors (Lipinski definition) is 3. The van der Waals surface area contributed by atoms with E-state index in [1.807, 2.05) is 12.1 Å². The van der Waals surface area contributed by atoms with E-state index in [1.54, 1.807) is 0 Å². The van der Waals surface area contributed by atoms with Gasteiger partial charge in [0.25, 0.3) is 0 Å². The third kappa shape index (κ3) is 4.72. The molecule has 0 unspecified atom stereocenters. The third-order valence-corrected chi connectivity index (χ3v) is 4.81. The average molecular weight is 382 g/mol. The van der Waals surface area contributed by atoms with Gasteiger partial charge in [-0.3, -0.25) is 0 Å². The highest BCUT2D eigenvalue weighted by Gasteiger charge is 2.26. The van der Waals surface area contributed by atoms with Crippen LogP contribution in [0.15, 0.2) is 42.5 Å². The maximum Gasteiger partial charge on any atom is 0.414 e. The standard InChI is InChI=1S/C16H15Cl2N.C2H2O4/c17-14-7-5-10(9-15(14)18)11-6-8-16(19)13-4-2-1-3-12(11)13;3-1(4)2(5)6/h1-5,7,9,11,16H,6,8,19H2;(H,3,4)(H,5,6)/t11-,16-;/m0./s1. The molecule has 3 rings (SSSR count). The molecule has 0 bridgehead atoms. The van der Waals surface area contributed by atoms with Crippen LogP contribution in [0.4, 0.5) is 0 Å². The van der Waals surface area contributed by atoms with Gasteiger partial charge in [0.15, 0.2) is 0 Å². The summed E-state index contributed by atoms with van der Waals surface area (Å²) in [7, 11) is 0. The van der Waals surface area contributed by atoms with Crippen LogP contribution in [0.1, 0.15) is 41.5 Å². The fourth-order valence-electron chi connectivity index (χ4n) is 2.90. The van der Waals surface area contributed by atoms with Gasteiger partial charge in [0, 0.05) is 12.0 Å². The van der Waals surface area contributed by atoms with Crippen LogP contribution >= 0.6 is 23.2 Å². The lowest BCUT2D eigenvalue weighted by Crippen LogP contribution is -2.20. The SMILES string of the molecule is N[C@H]1CC[C@@H](c2ccc(Cl)c(Cl)c2)c2ccccc21.O=C(O)C(=O)O. The summed E-state index contributed by atoms with van der Waals surface area (Å²) >= 11 is 12.1. The van der Waals surface area contributed by atoms with E-state index in [0.29, 0.717) is 16.0 Å². The zero-order valence-corrected chi connectivity index (χ0v) is 14.7. The summed E-state index contributed by atoms with van der Waals surface area (Å²) < 4.78 is 0. The number of rotatable bonds is 1. The number of fused-ring (bicyclic) bond motifs is 1. The molecule has 0 saturated carbocycles. The van der Waals surface area contributed by atoms with Crippen molar-refractivity contribution in [1.29, 1.82) is 0 Å². The van der Waals surface area contributed by atoms with Gasteiger partial charge in [-0.2, -0.15) is 0 Å². The molecule has 0 amide bonds. The highest BCUT2D eigenvalue weighted by atomic mass is 35.5. The highest BCUT2D eigenvalue weighted by molar-refractivity contribution is 6.42. The van der Waals surface area contributed by atoms with Gasteiger partial charge in [0.05, 0.1) is 10.0 Å². The summed E-state index contributed by atoms with van der Waals surface area (Å²) in [4.78, 5) is 18.2. The first-order valence-corrected chi connectivity index (χ1v) is 8.32. The molecular formula is C18H17Cl2NO4. The van der Waals surface area contributed by atoms with Crippen molar-refractivity contribution in [3.63, 3.8) is 0 Å². The summed E-state index contributed by atoms with van der Waals surface area (Å²) in [6, 6.07) is 14.5. The minimum atomic E-state index is -1.82. The maximum atomic E-state index is 9.10. The van der Waals surface area contributed by atoms with Crippen molar-refractivity contribution in [1.82, 2.24) is 0 Å². The van der Waals surface area contributed by atoms with E-state index >= 15 is 0 Å². The zero-order chi connectivity index (χ0) is 18.6. The molecule has 5 nitrogen and oxygen atoms in total. The Balaban J connectivity index is 0.000000326. The number of nitrogens with two attached hydrogens (primary N) is 1. The Hall–Kier alpha value is -2.08. The second kappa shape index (κ2) is 8.34. The van der Waals surface area contributed by atoms with Crippen LogP contribution in [0.5, 0.6) is 0 Å². The lowest BCUT2D eigenvalue weighted by atomic mass is 9.77. The Bertz CT molecular complexity index is 782. The molecule has 0 aromatic heterocycles. The summed E-state index contributed by atoms with van der Waals surface area (Å²) in [6.45, 7) is 0. The monoisotopic (exact) mass is 381 g/mol. The van der Waals surface area contributed by atoms with E-state index in [1.165, 1.54) is 16.7 Å². The second-order valence-electron chi connectivity index (χ2n) is 5.65. The molecule has 0 aliphatic heterocycles. The molecule has 0 heterocycles. The smallest absolute Gasteiger partial charge is 0.414 e. The van der Waals surface area contributed by atoms with Crippen LogP contribution in [-0.2, 0) is 9.59 Å². The van der Waals surface area contributed by atoms with Crippen LogP contribution in [0, 0.1) is 0 Å². The predicted octanol–water partition coefficient (Wildman–Crippen LogP) is 4.07. The van der Waals surface area contributed by atoms with Crippen molar-refractivity contribution in [2.75, 3.05) is 0 Å². The van der Waals surface area contributed by atoms with E-state index in [2.05, 4.69) is 30.3 Å². The Morgan fingerprint density at radius 2 is 1.52 bits per heavy atom. The molecule has 25 heavy (non-hydrogen) atoms. The minimum Gasteiger partial charge on any atom is -0.473 e. The quantitative estimate of drug-likeness (QED) is 0.646. The third-order valence-electron chi connectivity index (χ3n) is 4.07. The Labute approximate surface area is 155 Å². The molecule has 2 aromatic rings. The molecule has 132 valence electrons. The molecule has 4 N–H and O–H groups in total. The van der Waals surface area contributed by atoms with Crippen molar-refractivity contribution < 1.29 is 19.8 Å². The maximum absolute atomic E-state index is 9.10. The summed E-state index contributed by atoms with van der Waals surface area (Å²) in [5.41, 5.74) is 9.98. The van der Waals surface area contributed by atoms with Gasteiger partial charge >= 0.3 is 11.9 Å². The molecule has 0 radical (unpaired) electrons. The highest BCUT2D eigenvalue weighted by Crippen LogP contribution is 2.41. The van der Waals surface area contributed by atoms with E-state index in [4.69, 9.17) is 48.7 Å². The van der Waals surface area contributed by atoms with Gasteiger partial charge in [-0.1, -0.05) is 53.5 Å². The minimum absolute atomic E-state index is 0.148. The van der Waals surface area contributed by atoms with Crippen LogP contribution in [0.3, 0.4) is 0 Å². The zero-order valence-electron chi connectivity index (χ0n) is 13.2. The molecule has 7 heteroatoms. The molecule has 0 saturated heterocycles. The number of aliphatic carboxylic acids is 2. The first-order valence-electron chi connectivity index (χ1n) is 7.56. The van der Waals surface area contributed by atoms with Crippen molar-refractivity contribution in [2.45, 2.75) is 24.8 Å². The largest absolute Gasteiger partial charge is 0.473 e. The first kappa shape index (κ1) is 19.2. The predicted molar refractivity (Wildman–Crippen MR) is 96.2 cm³/mol. The van der Waals surface area contributed by atoms with Gasteiger partial charge in [-0.15, -0.1) is 0 Å². The fraction of sp³-hybridized carbons (Fsp3) is 0.222. The van der Waals surface area contributed by atoms with Crippen molar-refractivity contribution in [2.24, 2.45) is 5.73 Å². The fourth-order valence-corrected chi connectivity index (χ4v) is 3.21. The average Bonchev–Trinajstić information content (AvgIpc) is 2.58. The molecule has 1 aliphatic rings. The molecule has 2 aromatic carbocycles. The van der Waals surface area contributed by atoms with Gasteiger partial charge in [-0.05, 0) is 41.7 Å². The van der Waals surface area contributed by atoms with Crippen molar-refractivity contribution in [3.05, 3.63) is 69.2 Å².